The first-order valence-electron chi connectivity index (χ1n) is 10.6. The van der Waals surface area contributed by atoms with Gasteiger partial charge in [0.1, 0.15) is 24.4 Å². The fourth-order valence-electron chi connectivity index (χ4n) is 2.93. The zero-order valence-electron chi connectivity index (χ0n) is 19.6. The van der Waals surface area contributed by atoms with E-state index in [9.17, 15) is 4.79 Å². The van der Waals surface area contributed by atoms with Gasteiger partial charge in [0.25, 0.3) is 0 Å². The third-order valence-electron chi connectivity index (χ3n) is 4.42. The fourth-order valence-corrected chi connectivity index (χ4v) is 2.93. The highest BCUT2D eigenvalue weighted by atomic mass is 127. The van der Waals surface area contributed by atoms with Gasteiger partial charge >= 0.3 is 0 Å². The Kier molecular flexibility index (Phi) is 12.0. The lowest BCUT2D eigenvalue weighted by Crippen LogP contribution is -2.44. The van der Waals surface area contributed by atoms with Crippen molar-refractivity contribution in [2.24, 2.45) is 4.99 Å². The van der Waals surface area contributed by atoms with Crippen LogP contribution in [0.3, 0.4) is 0 Å². The van der Waals surface area contributed by atoms with Crippen LogP contribution >= 0.6 is 24.0 Å². The molecule has 3 N–H and O–H groups in total. The number of ether oxygens (including phenoxy) is 1. The number of hydrogen-bond acceptors (Lipinski definition) is 5. The lowest BCUT2D eigenvalue weighted by Gasteiger charge is -2.20. The van der Waals surface area contributed by atoms with Crippen molar-refractivity contribution < 1.29 is 9.53 Å². The van der Waals surface area contributed by atoms with Crippen LogP contribution in [-0.4, -0.2) is 58.9 Å². The molecular formula is C22H36IN7O2. The molecule has 32 heavy (non-hydrogen) atoms. The van der Waals surface area contributed by atoms with E-state index in [1.165, 1.54) is 5.56 Å². The molecule has 0 saturated heterocycles. The van der Waals surface area contributed by atoms with Gasteiger partial charge in [-0.25, -0.2) is 4.99 Å². The Morgan fingerprint density at radius 2 is 1.84 bits per heavy atom. The van der Waals surface area contributed by atoms with E-state index >= 15 is 0 Å². The minimum absolute atomic E-state index is 0. The molecule has 10 heteroatoms. The maximum absolute atomic E-state index is 12.2. The molecule has 0 fully saturated rings. The third-order valence-corrected chi connectivity index (χ3v) is 4.42. The zero-order chi connectivity index (χ0) is 22.7. The monoisotopic (exact) mass is 557 g/mol. The van der Waals surface area contributed by atoms with Gasteiger partial charge in [-0.1, -0.05) is 19.1 Å². The van der Waals surface area contributed by atoms with Crippen LogP contribution in [0.2, 0.25) is 0 Å². The number of carbonyl (C=O) groups excluding carboxylic acids is 1. The Bertz CT molecular complexity index is 845. The SMILES string of the molecule is CCc1nncn1CCNC(=NCC(=O)NC(C)(C)C)NCCc1ccc(OC)cc1.I. The maximum Gasteiger partial charge on any atom is 0.242 e. The summed E-state index contributed by atoms with van der Waals surface area (Å²) in [6.07, 6.45) is 3.38. The quantitative estimate of drug-likeness (QED) is 0.235. The average molecular weight is 557 g/mol. The molecule has 0 aliphatic heterocycles. The van der Waals surface area contributed by atoms with Crippen molar-refractivity contribution in [1.82, 2.24) is 30.7 Å². The van der Waals surface area contributed by atoms with Gasteiger partial charge in [0.2, 0.25) is 5.91 Å². The first-order chi connectivity index (χ1) is 14.8. The Morgan fingerprint density at radius 1 is 1.16 bits per heavy atom. The molecule has 0 atom stereocenters. The molecule has 0 bridgehead atoms. The number of hydrogen-bond donors (Lipinski definition) is 3. The number of aliphatic imine (C=N–C) groups is 1. The summed E-state index contributed by atoms with van der Waals surface area (Å²) in [6.45, 7) is 10.00. The normalized spacial score (nSPS) is 11.5. The molecule has 0 radical (unpaired) electrons. The van der Waals surface area contributed by atoms with E-state index in [2.05, 4.69) is 38.1 Å². The van der Waals surface area contributed by atoms with Crippen molar-refractivity contribution >= 4 is 35.8 Å². The van der Waals surface area contributed by atoms with Crippen molar-refractivity contribution in [3.05, 3.63) is 42.0 Å². The molecule has 1 aromatic carbocycles. The largest absolute Gasteiger partial charge is 0.497 e. The van der Waals surface area contributed by atoms with E-state index in [0.717, 1.165) is 24.4 Å². The van der Waals surface area contributed by atoms with Gasteiger partial charge in [-0.15, -0.1) is 34.2 Å². The summed E-state index contributed by atoms with van der Waals surface area (Å²) in [5.41, 5.74) is 0.905. The molecule has 0 spiro atoms. The number of rotatable bonds is 10. The number of nitrogens with one attached hydrogen (secondary N) is 3. The summed E-state index contributed by atoms with van der Waals surface area (Å²) < 4.78 is 7.21. The number of amides is 1. The third kappa shape index (κ3) is 10.3. The van der Waals surface area contributed by atoms with E-state index in [4.69, 9.17) is 4.74 Å². The minimum Gasteiger partial charge on any atom is -0.497 e. The zero-order valence-corrected chi connectivity index (χ0v) is 22.0. The Labute approximate surface area is 207 Å². The number of nitrogens with zero attached hydrogens (tertiary/aromatic N) is 4. The second-order valence-corrected chi connectivity index (χ2v) is 8.21. The Morgan fingerprint density at radius 3 is 2.47 bits per heavy atom. The predicted molar refractivity (Wildman–Crippen MR) is 138 cm³/mol. The molecule has 9 nitrogen and oxygen atoms in total. The highest BCUT2D eigenvalue weighted by Crippen LogP contribution is 2.11. The second kappa shape index (κ2) is 13.9. The lowest BCUT2D eigenvalue weighted by molar-refractivity contribution is -0.121. The second-order valence-electron chi connectivity index (χ2n) is 8.21. The number of aromatic nitrogens is 3. The van der Waals surface area contributed by atoms with Gasteiger partial charge in [-0.3, -0.25) is 4.79 Å². The van der Waals surface area contributed by atoms with Crippen LogP contribution in [0, 0.1) is 0 Å². The average Bonchev–Trinajstić information content (AvgIpc) is 3.18. The first kappa shape index (κ1) is 27.7. The van der Waals surface area contributed by atoms with E-state index in [0.29, 0.717) is 25.6 Å². The van der Waals surface area contributed by atoms with Crippen LogP contribution in [0.4, 0.5) is 0 Å². The van der Waals surface area contributed by atoms with E-state index in [-0.39, 0.29) is 42.0 Å². The molecule has 1 aromatic heterocycles. The number of halogens is 1. The Hall–Kier alpha value is -2.37. The van der Waals surface area contributed by atoms with Crippen LogP contribution in [0.5, 0.6) is 5.75 Å². The van der Waals surface area contributed by atoms with Gasteiger partial charge in [0, 0.05) is 31.6 Å². The van der Waals surface area contributed by atoms with Gasteiger partial charge in [0.15, 0.2) is 5.96 Å². The van der Waals surface area contributed by atoms with Crippen molar-refractivity contribution in [1.29, 1.82) is 0 Å². The standard InChI is InChI=1S/C22H35N7O2.HI/c1-6-19-28-26-16-29(19)14-13-24-21(25-15-20(30)27-22(2,3)4)23-12-11-17-7-9-18(31-5)10-8-17;/h7-10,16H,6,11-15H2,1-5H3,(H,27,30)(H2,23,24,25);1H. The maximum atomic E-state index is 12.2. The molecule has 2 aromatic rings. The molecule has 0 aliphatic rings. The number of carbonyl (C=O) groups is 1. The number of guanidine groups is 1. The Balaban J connectivity index is 0.00000512. The summed E-state index contributed by atoms with van der Waals surface area (Å²) in [5, 5.41) is 17.6. The summed E-state index contributed by atoms with van der Waals surface area (Å²) in [5.74, 6) is 2.27. The molecule has 2 rings (SSSR count). The molecule has 1 heterocycles. The smallest absolute Gasteiger partial charge is 0.242 e. The van der Waals surface area contributed by atoms with Crippen molar-refractivity contribution in [2.75, 3.05) is 26.7 Å². The van der Waals surface area contributed by atoms with Gasteiger partial charge in [-0.2, -0.15) is 0 Å². The highest BCUT2D eigenvalue weighted by molar-refractivity contribution is 14.0. The van der Waals surface area contributed by atoms with Gasteiger partial charge < -0.3 is 25.3 Å². The molecule has 178 valence electrons. The summed E-state index contributed by atoms with van der Waals surface area (Å²) in [7, 11) is 1.66. The van der Waals surface area contributed by atoms with Crippen LogP contribution < -0.4 is 20.7 Å². The molecular weight excluding hydrogens is 521 g/mol. The van der Waals surface area contributed by atoms with E-state index in [1.807, 2.05) is 49.6 Å². The minimum atomic E-state index is -0.285. The van der Waals surface area contributed by atoms with E-state index < -0.39 is 0 Å². The first-order valence-corrected chi connectivity index (χ1v) is 10.6. The number of methoxy groups -OCH3 is 1. The molecule has 0 aliphatic carbocycles. The number of aryl methyl sites for hydroxylation is 1. The van der Waals surface area contributed by atoms with E-state index in [1.54, 1.807) is 13.4 Å². The fraction of sp³-hybridized carbons (Fsp3) is 0.545. The van der Waals surface area contributed by atoms with Gasteiger partial charge in [-0.05, 0) is 44.9 Å². The lowest BCUT2D eigenvalue weighted by atomic mass is 10.1. The summed E-state index contributed by atoms with van der Waals surface area (Å²) in [4.78, 5) is 16.6. The van der Waals surface area contributed by atoms with Crippen LogP contribution in [0.15, 0.2) is 35.6 Å². The molecule has 0 unspecified atom stereocenters. The van der Waals surface area contributed by atoms with Crippen molar-refractivity contribution in [3.63, 3.8) is 0 Å². The number of benzene rings is 1. The van der Waals surface area contributed by atoms with Gasteiger partial charge in [0.05, 0.1) is 7.11 Å². The molecule has 0 saturated carbocycles. The van der Waals surface area contributed by atoms with Crippen molar-refractivity contribution in [3.8, 4) is 5.75 Å². The van der Waals surface area contributed by atoms with Crippen molar-refractivity contribution in [2.45, 2.75) is 52.6 Å². The van der Waals surface area contributed by atoms with Crippen LogP contribution in [0.1, 0.15) is 39.1 Å². The summed E-state index contributed by atoms with van der Waals surface area (Å²) in [6, 6.07) is 7.98. The predicted octanol–water partition coefficient (Wildman–Crippen LogP) is 2.16. The highest BCUT2D eigenvalue weighted by Gasteiger charge is 2.13. The van der Waals surface area contributed by atoms with Crippen LogP contribution in [0.25, 0.3) is 0 Å². The van der Waals surface area contributed by atoms with Crippen LogP contribution in [-0.2, 0) is 24.2 Å². The topological polar surface area (TPSA) is 105 Å². The molecule has 1 amide bonds. The summed E-state index contributed by atoms with van der Waals surface area (Å²) >= 11 is 0.